The normalized spacial score (nSPS) is 10.9. The summed E-state index contributed by atoms with van der Waals surface area (Å²) in [6, 6.07) is 12.0. The lowest BCUT2D eigenvalue weighted by atomic mass is 10.1. The lowest BCUT2D eigenvalue weighted by Gasteiger charge is -2.22. The molecule has 0 amide bonds. The molecule has 0 bridgehead atoms. The van der Waals surface area contributed by atoms with E-state index in [4.69, 9.17) is 35.4 Å². The van der Waals surface area contributed by atoms with E-state index >= 15 is 0 Å². The number of benzene rings is 2. The zero-order valence-corrected chi connectivity index (χ0v) is 15.8. The minimum absolute atomic E-state index is 0.0507. The number of aryl methyl sites for hydroxylation is 1. The number of anilines is 1. The summed E-state index contributed by atoms with van der Waals surface area (Å²) in [6.07, 6.45) is 0. The van der Waals surface area contributed by atoms with Crippen molar-refractivity contribution >= 4 is 57.0 Å². The molecule has 3 aromatic rings. The van der Waals surface area contributed by atoms with Crippen molar-refractivity contribution in [1.82, 2.24) is 4.57 Å². The zero-order chi connectivity index (χ0) is 18.3. The van der Waals surface area contributed by atoms with Crippen molar-refractivity contribution in [3.63, 3.8) is 0 Å². The predicted octanol–water partition coefficient (Wildman–Crippen LogP) is 4.36. The van der Waals surface area contributed by atoms with Crippen molar-refractivity contribution in [2.75, 3.05) is 11.9 Å². The molecule has 3 rings (SSSR count). The molecule has 128 valence electrons. The van der Waals surface area contributed by atoms with Crippen LogP contribution in [-0.4, -0.2) is 21.7 Å². The van der Waals surface area contributed by atoms with Crippen molar-refractivity contribution in [1.29, 1.82) is 0 Å². The number of thiocarbonyl (C=S) groups is 1. The Kier molecular flexibility index (Phi) is 4.73. The predicted molar refractivity (Wildman–Crippen MR) is 107 cm³/mol. The quantitative estimate of drug-likeness (QED) is 0.657. The first-order valence-corrected chi connectivity index (χ1v) is 8.52. The molecule has 7 heteroatoms. The molecule has 0 aliphatic heterocycles. The molecule has 25 heavy (non-hydrogen) atoms. The van der Waals surface area contributed by atoms with Crippen LogP contribution in [0, 0.1) is 0 Å². The summed E-state index contributed by atoms with van der Waals surface area (Å²) in [5.74, 6) is -0.181. The first-order valence-electron chi connectivity index (χ1n) is 7.36. The summed E-state index contributed by atoms with van der Waals surface area (Å²) < 4.78 is 1.44. The smallest absolute Gasteiger partial charge is 0.264 e. The maximum Gasteiger partial charge on any atom is 0.264 e. The van der Waals surface area contributed by atoms with Gasteiger partial charge in [0.05, 0.1) is 5.52 Å². The van der Waals surface area contributed by atoms with Crippen LogP contribution in [0.4, 0.5) is 5.69 Å². The van der Waals surface area contributed by atoms with Gasteiger partial charge in [-0.2, -0.15) is 0 Å². The summed E-state index contributed by atoms with van der Waals surface area (Å²) >= 11 is 17.5. The van der Waals surface area contributed by atoms with Crippen LogP contribution >= 0.6 is 35.4 Å². The molecule has 0 radical (unpaired) electrons. The van der Waals surface area contributed by atoms with Crippen molar-refractivity contribution in [2.24, 2.45) is 7.05 Å². The fraction of sp³-hybridized carbons (Fsp3) is 0.111. The van der Waals surface area contributed by atoms with Gasteiger partial charge in [-0.3, -0.25) is 4.79 Å². The Bertz CT molecular complexity index is 1060. The number of rotatable bonds is 2. The van der Waals surface area contributed by atoms with Gasteiger partial charge in [0, 0.05) is 35.2 Å². The van der Waals surface area contributed by atoms with E-state index in [9.17, 15) is 9.90 Å². The van der Waals surface area contributed by atoms with Crippen LogP contribution in [0.3, 0.4) is 0 Å². The molecule has 0 aliphatic rings. The molecule has 0 unspecified atom stereocenters. The van der Waals surface area contributed by atoms with Gasteiger partial charge < -0.3 is 14.6 Å². The lowest BCUT2D eigenvalue weighted by Crippen LogP contribution is -2.33. The van der Waals surface area contributed by atoms with Gasteiger partial charge in [-0.1, -0.05) is 41.5 Å². The number of aromatic hydroxyl groups is 1. The molecule has 1 N–H and O–H groups in total. The number of halogens is 2. The van der Waals surface area contributed by atoms with Gasteiger partial charge in [-0.05, 0) is 36.4 Å². The Morgan fingerprint density at radius 2 is 1.84 bits per heavy atom. The first kappa shape index (κ1) is 17.7. The van der Waals surface area contributed by atoms with Gasteiger partial charge in [0.1, 0.15) is 16.3 Å². The maximum absolute atomic E-state index is 12.8. The van der Waals surface area contributed by atoms with Crippen LogP contribution in [0.1, 0.15) is 5.56 Å². The standard InChI is InChI=1S/C18H14Cl2N2O2S/c1-21(12-5-3-4-10(19)8-12)18(25)15-16(23)13-9-11(20)6-7-14(13)22(2)17(15)24/h3-9,23H,1-2H3. The van der Waals surface area contributed by atoms with Crippen LogP contribution in [0.5, 0.6) is 5.75 Å². The van der Waals surface area contributed by atoms with Gasteiger partial charge in [-0.25, -0.2) is 0 Å². The summed E-state index contributed by atoms with van der Waals surface area (Å²) in [6.45, 7) is 0. The van der Waals surface area contributed by atoms with Crippen molar-refractivity contribution in [3.05, 3.63) is 68.4 Å². The van der Waals surface area contributed by atoms with E-state index in [-0.39, 0.29) is 21.9 Å². The van der Waals surface area contributed by atoms with E-state index in [0.717, 1.165) is 0 Å². The van der Waals surface area contributed by atoms with Crippen LogP contribution in [0.25, 0.3) is 10.9 Å². The molecular formula is C18H14Cl2N2O2S. The maximum atomic E-state index is 12.8. The number of fused-ring (bicyclic) bond motifs is 1. The lowest BCUT2D eigenvalue weighted by molar-refractivity contribution is 0.478. The Labute approximate surface area is 159 Å². The van der Waals surface area contributed by atoms with E-state index in [1.807, 2.05) is 6.07 Å². The van der Waals surface area contributed by atoms with Crippen LogP contribution in [0.2, 0.25) is 10.0 Å². The number of hydrogen-bond acceptors (Lipinski definition) is 3. The Morgan fingerprint density at radius 1 is 1.16 bits per heavy atom. The molecule has 0 saturated carbocycles. The van der Waals surface area contributed by atoms with Crippen LogP contribution < -0.4 is 10.5 Å². The number of hydrogen-bond donors (Lipinski definition) is 1. The van der Waals surface area contributed by atoms with Gasteiger partial charge in [-0.15, -0.1) is 0 Å². The minimum Gasteiger partial charge on any atom is -0.506 e. The summed E-state index contributed by atoms with van der Waals surface area (Å²) in [5.41, 5.74) is 0.954. The van der Waals surface area contributed by atoms with Gasteiger partial charge in [0.25, 0.3) is 5.56 Å². The average molecular weight is 393 g/mol. The fourth-order valence-electron chi connectivity index (χ4n) is 2.67. The van der Waals surface area contributed by atoms with Gasteiger partial charge in [0.15, 0.2) is 0 Å². The van der Waals surface area contributed by atoms with Gasteiger partial charge in [0.2, 0.25) is 0 Å². The van der Waals surface area contributed by atoms with Crippen LogP contribution in [0.15, 0.2) is 47.3 Å². The fourth-order valence-corrected chi connectivity index (χ4v) is 3.31. The first-order chi connectivity index (χ1) is 11.8. The Balaban J connectivity index is 2.21. The van der Waals surface area contributed by atoms with Crippen molar-refractivity contribution < 1.29 is 5.11 Å². The number of nitrogens with zero attached hydrogens (tertiary/aromatic N) is 2. The van der Waals surface area contributed by atoms with Crippen molar-refractivity contribution in [2.45, 2.75) is 0 Å². The highest BCUT2D eigenvalue weighted by atomic mass is 35.5. The Hall–Kier alpha value is -2.08. The second kappa shape index (κ2) is 6.67. The molecule has 2 aromatic carbocycles. The molecular weight excluding hydrogens is 379 g/mol. The largest absolute Gasteiger partial charge is 0.506 e. The van der Waals surface area contributed by atoms with E-state index in [0.29, 0.717) is 26.6 Å². The summed E-state index contributed by atoms with van der Waals surface area (Å²) in [4.78, 5) is 14.6. The third kappa shape index (κ3) is 3.11. The SMILES string of the molecule is CN(C(=S)c1c(O)c2cc(Cl)ccc2n(C)c1=O)c1cccc(Cl)c1. The van der Waals surface area contributed by atoms with Crippen molar-refractivity contribution in [3.8, 4) is 5.75 Å². The topological polar surface area (TPSA) is 45.5 Å². The van der Waals surface area contributed by atoms with E-state index in [1.54, 1.807) is 55.4 Å². The highest BCUT2D eigenvalue weighted by molar-refractivity contribution is 7.81. The third-order valence-electron chi connectivity index (χ3n) is 4.04. The van der Waals surface area contributed by atoms with Crippen LogP contribution in [-0.2, 0) is 7.05 Å². The minimum atomic E-state index is -0.383. The highest BCUT2D eigenvalue weighted by Gasteiger charge is 2.21. The number of pyridine rings is 1. The van der Waals surface area contributed by atoms with Gasteiger partial charge >= 0.3 is 0 Å². The molecule has 0 spiro atoms. The second-order valence-corrected chi connectivity index (χ2v) is 6.85. The zero-order valence-electron chi connectivity index (χ0n) is 13.5. The summed E-state index contributed by atoms with van der Waals surface area (Å²) in [7, 11) is 3.35. The molecule has 0 atom stereocenters. The highest BCUT2D eigenvalue weighted by Crippen LogP contribution is 2.30. The molecule has 0 fully saturated rings. The second-order valence-electron chi connectivity index (χ2n) is 5.59. The third-order valence-corrected chi connectivity index (χ3v) is 4.99. The molecule has 4 nitrogen and oxygen atoms in total. The molecule has 0 aliphatic carbocycles. The Morgan fingerprint density at radius 3 is 2.52 bits per heavy atom. The van der Waals surface area contributed by atoms with E-state index < -0.39 is 0 Å². The molecule has 1 aromatic heterocycles. The van der Waals surface area contributed by atoms with E-state index in [2.05, 4.69) is 0 Å². The summed E-state index contributed by atoms with van der Waals surface area (Å²) in [5, 5.41) is 12.2. The molecule has 0 saturated heterocycles. The monoisotopic (exact) mass is 392 g/mol. The number of aromatic nitrogens is 1. The molecule has 1 heterocycles. The van der Waals surface area contributed by atoms with E-state index in [1.165, 1.54) is 4.57 Å². The average Bonchev–Trinajstić information content (AvgIpc) is 2.59.